The molecule has 3 amide bonds. The topological polar surface area (TPSA) is 135 Å². The molecule has 0 radical (unpaired) electrons. The summed E-state index contributed by atoms with van der Waals surface area (Å²) in [4.78, 5) is 42.5. The van der Waals surface area contributed by atoms with Gasteiger partial charge in [0.2, 0.25) is 5.91 Å². The number of amides is 3. The molecule has 186 valence electrons. The molecule has 9 nitrogen and oxygen atoms in total. The van der Waals surface area contributed by atoms with Crippen LogP contribution in [-0.4, -0.2) is 64.1 Å². The number of aromatic nitrogens is 1. The van der Waals surface area contributed by atoms with Gasteiger partial charge in [-0.3, -0.25) is 14.4 Å². The minimum absolute atomic E-state index is 0.0386. The second-order valence-corrected chi connectivity index (χ2v) is 9.29. The molecular formula is C24H36N6O3S. The van der Waals surface area contributed by atoms with Gasteiger partial charge in [0.05, 0.1) is 5.69 Å². The van der Waals surface area contributed by atoms with Crippen LogP contribution in [0, 0.1) is 5.92 Å². The third-order valence-corrected chi connectivity index (χ3v) is 6.50. The maximum absolute atomic E-state index is 13.7. The average Bonchev–Trinajstić information content (AvgIpc) is 3.21. The first-order valence-corrected chi connectivity index (χ1v) is 12.4. The molecular weight excluding hydrogens is 452 g/mol. The third kappa shape index (κ3) is 7.26. The van der Waals surface area contributed by atoms with Crippen molar-refractivity contribution in [3.8, 4) is 0 Å². The van der Waals surface area contributed by atoms with Gasteiger partial charge in [-0.1, -0.05) is 58.0 Å². The summed E-state index contributed by atoms with van der Waals surface area (Å²) >= 11 is 0.833. The maximum Gasteiger partial charge on any atom is 0.270 e. The van der Waals surface area contributed by atoms with E-state index in [9.17, 15) is 14.4 Å². The standard InChI is InChI=1S/C24H36N6O3S/c1-5-29(6-2)12-13-30(24(33)21-19(25)20(22(26)31)28-34-21)18(14-16(3)4)23(32)27-15-17-10-8-7-9-11-17/h7-11,16,18H,5-6,12-15,25H2,1-4H3,(H2,26,31)(H,27,32)/t18-/m1/s1. The summed E-state index contributed by atoms with van der Waals surface area (Å²) in [6.45, 7) is 11.1. The van der Waals surface area contributed by atoms with E-state index in [0.29, 0.717) is 26.1 Å². The second-order valence-electron chi connectivity index (χ2n) is 8.51. The lowest BCUT2D eigenvalue weighted by atomic mass is 10.0. The molecule has 5 N–H and O–H groups in total. The Morgan fingerprint density at radius 1 is 1.09 bits per heavy atom. The molecule has 0 aliphatic heterocycles. The molecule has 0 saturated carbocycles. The van der Waals surface area contributed by atoms with E-state index in [1.807, 2.05) is 58.0 Å². The van der Waals surface area contributed by atoms with E-state index < -0.39 is 17.9 Å². The molecule has 0 unspecified atom stereocenters. The van der Waals surface area contributed by atoms with E-state index in [2.05, 4.69) is 14.6 Å². The summed E-state index contributed by atoms with van der Waals surface area (Å²) in [6.07, 6.45) is 0.478. The number of carbonyl (C=O) groups is 3. The van der Waals surface area contributed by atoms with Crippen LogP contribution in [0.5, 0.6) is 0 Å². The van der Waals surface area contributed by atoms with Crippen molar-refractivity contribution < 1.29 is 14.4 Å². The van der Waals surface area contributed by atoms with Crippen LogP contribution in [0.4, 0.5) is 5.69 Å². The van der Waals surface area contributed by atoms with Crippen LogP contribution in [0.1, 0.15) is 59.8 Å². The van der Waals surface area contributed by atoms with E-state index in [0.717, 1.165) is 30.2 Å². The highest BCUT2D eigenvalue weighted by molar-refractivity contribution is 7.09. The smallest absolute Gasteiger partial charge is 0.270 e. The number of primary amides is 1. The molecule has 10 heteroatoms. The SMILES string of the molecule is CCN(CC)CCN(C(=O)c1snc(C(N)=O)c1N)[C@H](CC(C)C)C(=O)NCc1ccccc1. The van der Waals surface area contributed by atoms with Crippen molar-refractivity contribution in [2.45, 2.75) is 46.7 Å². The highest BCUT2D eigenvalue weighted by atomic mass is 32.1. The Balaban J connectivity index is 2.36. The summed E-state index contributed by atoms with van der Waals surface area (Å²) in [6, 6.07) is 8.91. The van der Waals surface area contributed by atoms with Crippen LogP contribution in [0.2, 0.25) is 0 Å². The Labute approximate surface area is 205 Å². The number of hydrogen-bond acceptors (Lipinski definition) is 7. The Bertz CT molecular complexity index is 959. The number of rotatable bonds is 13. The second kappa shape index (κ2) is 13.0. The predicted molar refractivity (Wildman–Crippen MR) is 135 cm³/mol. The van der Waals surface area contributed by atoms with Gasteiger partial charge in [-0.15, -0.1) is 0 Å². The zero-order chi connectivity index (χ0) is 25.3. The van der Waals surface area contributed by atoms with Crippen molar-refractivity contribution in [3.63, 3.8) is 0 Å². The Kier molecular flexibility index (Phi) is 10.5. The fraction of sp³-hybridized carbons (Fsp3) is 0.500. The quantitative estimate of drug-likeness (QED) is 0.396. The van der Waals surface area contributed by atoms with Crippen LogP contribution in [0.15, 0.2) is 30.3 Å². The van der Waals surface area contributed by atoms with Crippen LogP contribution >= 0.6 is 11.5 Å². The maximum atomic E-state index is 13.7. The van der Waals surface area contributed by atoms with Crippen molar-refractivity contribution in [1.29, 1.82) is 0 Å². The van der Waals surface area contributed by atoms with E-state index in [4.69, 9.17) is 11.5 Å². The summed E-state index contributed by atoms with van der Waals surface area (Å²) in [5, 5.41) is 2.98. The molecule has 0 aliphatic carbocycles. The van der Waals surface area contributed by atoms with E-state index >= 15 is 0 Å². The highest BCUT2D eigenvalue weighted by Gasteiger charge is 2.34. The molecule has 0 aliphatic rings. The van der Waals surface area contributed by atoms with E-state index in [1.165, 1.54) is 0 Å². The van der Waals surface area contributed by atoms with Gasteiger partial charge in [0.25, 0.3) is 11.8 Å². The summed E-state index contributed by atoms with van der Waals surface area (Å²) in [5.41, 5.74) is 12.2. The van der Waals surface area contributed by atoms with Crippen LogP contribution < -0.4 is 16.8 Å². The number of nitrogens with two attached hydrogens (primary N) is 2. The number of likely N-dealkylation sites (N-methyl/N-ethyl adjacent to an activating group) is 1. The lowest BCUT2D eigenvalue weighted by Gasteiger charge is -2.33. The highest BCUT2D eigenvalue weighted by Crippen LogP contribution is 2.25. The van der Waals surface area contributed by atoms with Crippen LogP contribution in [-0.2, 0) is 11.3 Å². The number of carbonyl (C=O) groups excluding carboxylic acids is 3. The normalized spacial score (nSPS) is 12.1. The molecule has 0 bridgehead atoms. The van der Waals surface area contributed by atoms with Crippen molar-refractivity contribution in [1.82, 2.24) is 19.5 Å². The fourth-order valence-electron chi connectivity index (χ4n) is 3.67. The van der Waals surface area contributed by atoms with Gasteiger partial charge in [-0.2, -0.15) is 4.37 Å². The lowest BCUT2D eigenvalue weighted by Crippen LogP contribution is -2.52. The zero-order valence-electron chi connectivity index (χ0n) is 20.4. The predicted octanol–water partition coefficient (Wildman–Crippen LogP) is 2.34. The Morgan fingerprint density at radius 2 is 1.74 bits per heavy atom. The summed E-state index contributed by atoms with van der Waals surface area (Å²) in [7, 11) is 0. The molecule has 34 heavy (non-hydrogen) atoms. The molecule has 1 aromatic carbocycles. The molecule has 2 rings (SSSR count). The van der Waals surface area contributed by atoms with Gasteiger partial charge in [0, 0.05) is 19.6 Å². The molecule has 1 aromatic heterocycles. The average molecular weight is 489 g/mol. The first-order valence-electron chi connectivity index (χ1n) is 11.6. The minimum atomic E-state index is -0.790. The molecule has 0 saturated heterocycles. The number of nitrogens with zero attached hydrogens (tertiary/aromatic N) is 3. The zero-order valence-corrected chi connectivity index (χ0v) is 21.2. The van der Waals surface area contributed by atoms with Gasteiger partial charge < -0.3 is 26.6 Å². The van der Waals surface area contributed by atoms with E-state index in [1.54, 1.807) is 4.90 Å². The minimum Gasteiger partial charge on any atom is -0.395 e. The molecule has 1 heterocycles. The number of anilines is 1. The van der Waals surface area contributed by atoms with Crippen molar-refractivity contribution >= 4 is 34.9 Å². The van der Waals surface area contributed by atoms with Crippen molar-refractivity contribution in [3.05, 3.63) is 46.5 Å². The molecule has 0 fully saturated rings. The van der Waals surface area contributed by atoms with Gasteiger partial charge in [-0.05, 0) is 42.5 Å². The third-order valence-electron chi connectivity index (χ3n) is 5.65. The molecule has 1 atom stereocenters. The Morgan fingerprint density at radius 3 is 2.26 bits per heavy atom. The first-order chi connectivity index (χ1) is 16.2. The van der Waals surface area contributed by atoms with Gasteiger partial charge in [0.15, 0.2) is 5.69 Å². The summed E-state index contributed by atoms with van der Waals surface area (Å²) < 4.78 is 3.97. The summed E-state index contributed by atoms with van der Waals surface area (Å²) in [5.74, 6) is -1.28. The van der Waals surface area contributed by atoms with Crippen LogP contribution in [0.3, 0.4) is 0 Å². The number of hydrogen-bond donors (Lipinski definition) is 3. The monoisotopic (exact) mass is 488 g/mol. The van der Waals surface area contributed by atoms with Crippen LogP contribution in [0.25, 0.3) is 0 Å². The van der Waals surface area contributed by atoms with Crippen molar-refractivity contribution in [2.24, 2.45) is 11.7 Å². The van der Waals surface area contributed by atoms with Crippen molar-refractivity contribution in [2.75, 3.05) is 31.9 Å². The molecule has 2 aromatic rings. The number of benzene rings is 1. The Hall–Kier alpha value is -2.98. The lowest BCUT2D eigenvalue weighted by molar-refractivity contribution is -0.126. The molecule has 0 spiro atoms. The first kappa shape index (κ1) is 27.3. The van der Waals surface area contributed by atoms with Gasteiger partial charge in [0.1, 0.15) is 10.9 Å². The number of nitrogen functional groups attached to an aromatic ring is 1. The number of nitrogens with one attached hydrogen (secondary N) is 1. The van der Waals surface area contributed by atoms with Gasteiger partial charge >= 0.3 is 0 Å². The van der Waals surface area contributed by atoms with Gasteiger partial charge in [-0.25, -0.2) is 0 Å². The fourth-order valence-corrected chi connectivity index (χ4v) is 4.43. The largest absolute Gasteiger partial charge is 0.395 e. The van der Waals surface area contributed by atoms with E-state index in [-0.39, 0.29) is 28.1 Å².